The molecule has 116 valence electrons. The molecule has 21 heavy (non-hydrogen) atoms. The van der Waals surface area contributed by atoms with E-state index in [1.54, 1.807) is 0 Å². The molecule has 2 rings (SSSR count). The van der Waals surface area contributed by atoms with Crippen LogP contribution in [0.25, 0.3) is 0 Å². The summed E-state index contributed by atoms with van der Waals surface area (Å²) in [6.07, 6.45) is 0.885. The van der Waals surface area contributed by atoms with Crippen molar-refractivity contribution in [3.05, 3.63) is 35.9 Å². The van der Waals surface area contributed by atoms with Gasteiger partial charge in [-0.1, -0.05) is 30.3 Å². The van der Waals surface area contributed by atoms with E-state index in [4.69, 9.17) is 0 Å². The molecule has 1 heterocycles. The molecule has 1 aromatic carbocycles. The highest BCUT2D eigenvalue weighted by Crippen LogP contribution is 2.12. The molecule has 0 bridgehead atoms. The van der Waals surface area contributed by atoms with Crippen LogP contribution in [0.5, 0.6) is 0 Å². The lowest BCUT2D eigenvalue weighted by molar-refractivity contribution is -0.121. The number of hydrogen-bond donors (Lipinski definition) is 2. The maximum atomic E-state index is 11.8. The Balaban J connectivity index is 1.68. The lowest BCUT2D eigenvalue weighted by atomic mass is 10.1. The number of carbonyl (C=O) groups is 1. The van der Waals surface area contributed by atoms with E-state index in [2.05, 4.69) is 17.6 Å². The second-order valence-corrected chi connectivity index (χ2v) is 7.73. The average molecular weight is 310 g/mol. The second-order valence-electron chi connectivity index (χ2n) is 5.50. The fourth-order valence-electron chi connectivity index (χ4n) is 2.47. The molecular weight excluding hydrogens is 288 g/mol. The summed E-state index contributed by atoms with van der Waals surface area (Å²) in [4.78, 5) is 11.8. The summed E-state index contributed by atoms with van der Waals surface area (Å²) in [6, 6.07) is 10.0. The fraction of sp³-hybridized carbons (Fsp3) is 0.533. The van der Waals surface area contributed by atoms with Crippen LogP contribution in [0.2, 0.25) is 0 Å². The Morgan fingerprint density at radius 2 is 2.05 bits per heavy atom. The molecule has 1 saturated heterocycles. The maximum absolute atomic E-state index is 11.8. The van der Waals surface area contributed by atoms with Gasteiger partial charge in [0.1, 0.15) is 0 Å². The number of amides is 1. The largest absolute Gasteiger partial charge is 0.352 e. The first-order chi connectivity index (χ1) is 9.96. The first-order valence-corrected chi connectivity index (χ1v) is 9.06. The summed E-state index contributed by atoms with van der Waals surface area (Å²) >= 11 is 0. The van der Waals surface area contributed by atoms with Crippen LogP contribution in [0.1, 0.15) is 31.4 Å². The van der Waals surface area contributed by atoms with Gasteiger partial charge in [0.05, 0.1) is 11.5 Å². The molecule has 1 amide bonds. The topological polar surface area (TPSA) is 75.3 Å². The van der Waals surface area contributed by atoms with Crippen molar-refractivity contribution in [1.82, 2.24) is 10.6 Å². The summed E-state index contributed by atoms with van der Waals surface area (Å²) in [7, 11) is -2.94. The van der Waals surface area contributed by atoms with Gasteiger partial charge in [-0.3, -0.25) is 4.79 Å². The van der Waals surface area contributed by atoms with E-state index >= 15 is 0 Å². The van der Waals surface area contributed by atoms with Crippen LogP contribution in [0.15, 0.2) is 30.3 Å². The minimum atomic E-state index is -2.94. The number of nitrogens with one attached hydrogen (secondary N) is 2. The van der Waals surface area contributed by atoms with Gasteiger partial charge >= 0.3 is 0 Å². The van der Waals surface area contributed by atoms with Crippen molar-refractivity contribution in [1.29, 1.82) is 0 Å². The van der Waals surface area contributed by atoms with Crippen LogP contribution in [0.3, 0.4) is 0 Å². The van der Waals surface area contributed by atoms with Gasteiger partial charge in [-0.15, -0.1) is 0 Å². The molecule has 1 aliphatic rings. The molecule has 2 atom stereocenters. The van der Waals surface area contributed by atoms with E-state index in [1.807, 2.05) is 30.3 Å². The van der Waals surface area contributed by atoms with Gasteiger partial charge in [-0.05, 0) is 18.9 Å². The molecule has 5 nitrogen and oxygen atoms in total. The fourth-order valence-corrected chi connectivity index (χ4v) is 4.14. The molecular formula is C15H22N2O3S. The number of rotatable bonds is 6. The molecule has 0 aromatic heterocycles. The maximum Gasteiger partial charge on any atom is 0.221 e. The molecule has 0 saturated carbocycles. The van der Waals surface area contributed by atoms with Gasteiger partial charge in [0, 0.05) is 25.0 Å². The van der Waals surface area contributed by atoms with Gasteiger partial charge in [0.25, 0.3) is 0 Å². The van der Waals surface area contributed by atoms with Gasteiger partial charge in [-0.2, -0.15) is 0 Å². The molecule has 0 spiro atoms. The number of carbonyl (C=O) groups excluding carboxylic acids is 1. The van der Waals surface area contributed by atoms with Crippen LogP contribution in [-0.2, 0) is 14.6 Å². The van der Waals surface area contributed by atoms with Crippen molar-refractivity contribution in [2.24, 2.45) is 0 Å². The third-order valence-corrected chi connectivity index (χ3v) is 5.47. The Morgan fingerprint density at radius 3 is 2.67 bits per heavy atom. The Hall–Kier alpha value is -1.40. The number of sulfone groups is 1. The Labute approximate surface area is 126 Å². The quantitative estimate of drug-likeness (QED) is 0.823. The van der Waals surface area contributed by atoms with E-state index < -0.39 is 9.84 Å². The zero-order valence-corrected chi connectivity index (χ0v) is 13.0. The highest BCUT2D eigenvalue weighted by molar-refractivity contribution is 7.91. The minimum Gasteiger partial charge on any atom is -0.352 e. The zero-order chi connectivity index (χ0) is 15.3. The van der Waals surface area contributed by atoms with Crippen molar-refractivity contribution in [3.63, 3.8) is 0 Å². The zero-order valence-electron chi connectivity index (χ0n) is 12.2. The smallest absolute Gasteiger partial charge is 0.221 e. The van der Waals surface area contributed by atoms with Crippen LogP contribution in [0.4, 0.5) is 0 Å². The summed E-state index contributed by atoms with van der Waals surface area (Å²) in [6.45, 7) is 2.62. The van der Waals surface area contributed by atoms with E-state index in [0.29, 0.717) is 19.4 Å². The first-order valence-electron chi connectivity index (χ1n) is 7.24. The molecule has 0 aliphatic carbocycles. The van der Waals surface area contributed by atoms with Crippen molar-refractivity contribution in [2.45, 2.75) is 31.8 Å². The van der Waals surface area contributed by atoms with E-state index in [-0.39, 0.29) is 29.5 Å². The van der Waals surface area contributed by atoms with Crippen LogP contribution >= 0.6 is 0 Å². The van der Waals surface area contributed by atoms with Gasteiger partial charge in [-0.25, -0.2) is 8.42 Å². The Bertz CT molecular complexity index is 572. The van der Waals surface area contributed by atoms with E-state index in [0.717, 1.165) is 0 Å². The Kier molecular flexibility index (Phi) is 5.36. The van der Waals surface area contributed by atoms with Crippen molar-refractivity contribution >= 4 is 15.7 Å². The van der Waals surface area contributed by atoms with Crippen molar-refractivity contribution in [3.8, 4) is 0 Å². The minimum absolute atomic E-state index is 0.0760. The first kappa shape index (κ1) is 16.0. The van der Waals surface area contributed by atoms with Gasteiger partial charge < -0.3 is 10.6 Å². The third kappa shape index (κ3) is 5.13. The second kappa shape index (κ2) is 7.04. The summed E-state index contributed by atoms with van der Waals surface area (Å²) < 4.78 is 22.6. The lowest BCUT2D eigenvalue weighted by Gasteiger charge is -2.15. The normalized spacial score (nSPS) is 21.9. The predicted octanol–water partition coefficient (Wildman–Crippen LogP) is 1.03. The molecule has 1 aliphatic heterocycles. The highest BCUT2D eigenvalue weighted by Gasteiger charge is 2.28. The predicted molar refractivity (Wildman–Crippen MR) is 82.7 cm³/mol. The Morgan fingerprint density at radius 1 is 1.33 bits per heavy atom. The van der Waals surface area contributed by atoms with Crippen LogP contribution in [0, 0.1) is 0 Å². The summed E-state index contributed by atoms with van der Waals surface area (Å²) in [5.41, 5.74) is 1.18. The van der Waals surface area contributed by atoms with Crippen molar-refractivity contribution < 1.29 is 13.2 Å². The number of hydrogen-bond acceptors (Lipinski definition) is 4. The molecule has 2 N–H and O–H groups in total. The lowest BCUT2D eigenvalue weighted by Crippen LogP contribution is -2.37. The van der Waals surface area contributed by atoms with Crippen LogP contribution in [-0.4, -0.2) is 38.4 Å². The molecule has 6 heteroatoms. The van der Waals surface area contributed by atoms with E-state index in [9.17, 15) is 13.2 Å². The van der Waals surface area contributed by atoms with Crippen molar-refractivity contribution in [2.75, 3.05) is 18.1 Å². The number of benzene rings is 1. The monoisotopic (exact) mass is 310 g/mol. The standard InChI is InChI=1S/C15H22N2O3S/c1-12(13-5-3-2-4-6-13)16-9-7-15(18)17-14-8-10-21(19,20)11-14/h2-6,12,14,16H,7-11H2,1H3,(H,17,18). The molecule has 1 aromatic rings. The van der Waals surface area contributed by atoms with Crippen LogP contribution < -0.4 is 10.6 Å². The van der Waals surface area contributed by atoms with Gasteiger partial charge in [0.15, 0.2) is 9.84 Å². The SMILES string of the molecule is CC(NCCC(=O)NC1CCS(=O)(=O)C1)c1ccccc1. The molecule has 2 unspecified atom stereocenters. The molecule has 1 fully saturated rings. The van der Waals surface area contributed by atoms with Gasteiger partial charge in [0.2, 0.25) is 5.91 Å². The highest BCUT2D eigenvalue weighted by atomic mass is 32.2. The summed E-state index contributed by atoms with van der Waals surface area (Å²) in [5.74, 6) is 0.165. The molecule has 0 radical (unpaired) electrons. The summed E-state index contributed by atoms with van der Waals surface area (Å²) in [5, 5.41) is 6.08. The average Bonchev–Trinajstić information content (AvgIpc) is 2.78. The van der Waals surface area contributed by atoms with E-state index in [1.165, 1.54) is 5.56 Å². The third-order valence-electron chi connectivity index (χ3n) is 3.70.